The van der Waals surface area contributed by atoms with Crippen LogP contribution in [0.25, 0.3) is 0 Å². The van der Waals surface area contributed by atoms with E-state index in [0.717, 1.165) is 21.8 Å². The second-order valence-corrected chi connectivity index (χ2v) is 5.16. The van der Waals surface area contributed by atoms with E-state index in [1.165, 1.54) is 12.8 Å². The van der Waals surface area contributed by atoms with Crippen molar-refractivity contribution in [1.29, 1.82) is 0 Å². The second kappa shape index (κ2) is 7.35. The Hall–Kier alpha value is -1.00. The standard InChI is InChI=1S/C13H19NO2S/c1-3-4-7-17-12-6-5-10(2)8-11(12)9-13(15)14-16/h5-6,8,16H,3-4,7,9H2,1-2H3,(H,14,15). The summed E-state index contributed by atoms with van der Waals surface area (Å²) in [5, 5.41) is 8.56. The number of rotatable bonds is 6. The molecule has 4 heteroatoms. The summed E-state index contributed by atoms with van der Waals surface area (Å²) in [4.78, 5) is 12.3. The number of benzene rings is 1. The van der Waals surface area contributed by atoms with Crippen molar-refractivity contribution in [1.82, 2.24) is 5.48 Å². The summed E-state index contributed by atoms with van der Waals surface area (Å²) in [6.45, 7) is 4.16. The molecule has 0 saturated carbocycles. The Labute approximate surface area is 107 Å². The van der Waals surface area contributed by atoms with Crippen LogP contribution in [-0.4, -0.2) is 16.9 Å². The maximum absolute atomic E-state index is 11.2. The molecule has 17 heavy (non-hydrogen) atoms. The lowest BCUT2D eigenvalue weighted by molar-refractivity contribution is -0.128. The number of unbranched alkanes of at least 4 members (excludes halogenated alkanes) is 1. The first-order valence-electron chi connectivity index (χ1n) is 5.82. The molecule has 0 aliphatic rings. The van der Waals surface area contributed by atoms with Crippen LogP contribution in [0.1, 0.15) is 30.9 Å². The highest BCUT2D eigenvalue weighted by Gasteiger charge is 2.08. The van der Waals surface area contributed by atoms with Gasteiger partial charge in [-0.3, -0.25) is 10.0 Å². The molecule has 0 unspecified atom stereocenters. The number of thioether (sulfide) groups is 1. The molecule has 3 nitrogen and oxygen atoms in total. The number of aryl methyl sites for hydroxylation is 1. The number of carbonyl (C=O) groups is 1. The molecule has 0 spiro atoms. The lowest BCUT2D eigenvalue weighted by Crippen LogP contribution is -2.21. The Morgan fingerprint density at radius 2 is 2.24 bits per heavy atom. The molecule has 0 heterocycles. The van der Waals surface area contributed by atoms with E-state index in [9.17, 15) is 4.79 Å². The lowest BCUT2D eigenvalue weighted by atomic mass is 10.1. The maximum Gasteiger partial charge on any atom is 0.247 e. The molecule has 2 N–H and O–H groups in total. The average molecular weight is 253 g/mol. The van der Waals surface area contributed by atoms with E-state index in [1.807, 2.05) is 13.0 Å². The molecule has 0 fully saturated rings. The third kappa shape index (κ3) is 4.79. The SMILES string of the molecule is CCCCSc1ccc(C)cc1CC(=O)NO. The van der Waals surface area contributed by atoms with Gasteiger partial charge in [0.1, 0.15) is 0 Å². The topological polar surface area (TPSA) is 49.3 Å². The molecule has 0 aliphatic heterocycles. The smallest absolute Gasteiger partial charge is 0.247 e. The maximum atomic E-state index is 11.2. The summed E-state index contributed by atoms with van der Waals surface area (Å²) in [6.07, 6.45) is 2.57. The third-order valence-electron chi connectivity index (χ3n) is 2.45. The van der Waals surface area contributed by atoms with Gasteiger partial charge in [-0.05, 0) is 30.7 Å². The van der Waals surface area contributed by atoms with Gasteiger partial charge in [0.05, 0.1) is 6.42 Å². The van der Waals surface area contributed by atoms with Crippen molar-refractivity contribution in [3.8, 4) is 0 Å². The molecule has 1 aromatic rings. The van der Waals surface area contributed by atoms with E-state index >= 15 is 0 Å². The monoisotopic (exact) mass is 253 g/mol. The fourth-order valence-electron chi connectivity index (χ4n) is 1.53. The third-order valence-corrected chi connectivity index (χ3v) is 3.65. The molecule has 0 radical (unpaired) electrons. The second-order valence-electron chi connectivity index (χ2n) is 4.02. The molecule has 0 atom stereocenters. The van der Waals surface area contributed by atoms with Crippen LogP contribution in [0.3, 0.4) is 0 Å². The molecule has 0 aliphatic carbocycles. The van der Waals surface area contributed by atoms with Crippen molar-refractivity contribution in [2.75, 3.05) is 5.75 Å². The van der Waals surface area contributed by atoms with E-state index in [-0.39, 0.29) is 12.3 Å². The van der Waals surface area contributed by atoms with Gasteiger partial charge in [-0.15, -0.1) is 11.8 Å². The van der Waals surface area contributed by atoms with Crippen molar-refractivity contribution in [2.45, 2.75) is 38.0 Å². The van der Waals surface area contributed by atoms with Crippen molar-refractivity contribution in [3.63, 3.8) is 0 Å². The Morgan fingerprint density at radius 3 is 2.88 bits per heavy atom. The van der Waals surface area contributed by atoms with Gasteiger partial charge in [0.25, 0.3) is 0 Å². The Bertz CT molecular complexity index is 380. The number of carbonyl (C=O) groups excluding carboxylic acids is 1. The number of hydroxylamine groups is 1. The van der Waals surface area contributed by atoms with Crippen molar-refractivity contribution >= 4 is 17.7 Å². The van der Waals surface area contributed by atoms with Gasteiger partial charge < -0.3 is 0 Å². The number of hydrogen-bond acceptors (Lipinski definition) is 3. The minimum Gasteiger partial charge on any atom is -0.289 e. The number of hydrogen-bond donors (Lipinski definition) is 2. The highest BCUT2D eigenvalue weighted by molar-refractivity contribution is 7.99. The quantitative estimate of drug-likeness (QED) is 0.355. The van der Waals surface area contributed by atoms with Crippen LogP contribution in [0, 0.1) is 6.92 Å². The van der Waals surface area contributed by atoms with Crippen LogP contribution in [0.2, 0.25) is 0 Å². The Balaban J connectivity index is 2.76. The summed E-state index contributed by atoms with van der Waals surface area (Å²) in [5.41, 5.74) is 3.79. The van der Waals surface area contributed by atoms with Gasteiger partial charge in [-0.25, -0.2) is 5.48 Å². The normalized spacial score (nSPS) is 10.3. The number of nitrogens with one attached hydrogen (secondary N) is 1. The molecule has 1 amide bonds. The predicted octanol–water partition coefficient (Wildman–Crippen LogP) is 2.94. The van der Waals surface area contributed by atoms with Gasteiger partial charge in [-0.1, -0.05) is 31.0 Å². The molecule has 0 aromatic heterocycles. The summed E-state index contributed by atoms with van der Waals surface area (Å²) in [7, 11) is 0. The lowest BCUT2D eigenvalue weighted by Gasteiger charge is -2.09. The van der Waals surface area contributed by atoms with Gasteiger partial charge in [-0.2, -0.15) is 0 Å². The van der Waals surface area contributed by atoms with Gasteiger partial charge >= 0.3 is 0 Å². The highest BCUT2D eigenvalue weighted by Crippen LogP contribution is 2.25. The predicted molar refractivity (Wildman–Crippen MR) is 70.4 cm³/mol. The van der Waals surface area contributed by atoms with Crippen LogP contribution in [-0.2, 0) is 11.2 Å². The first-order valence-corrected chi connectivity index (χ1v) is 6.81. The van der Waals surface area contributed by atoms with E-state index in [2.05, 4.69) is 19.1 Å². The first-order chi connectivity index (χ1) is 8.17. The number of amides is 1. The van der Waals surface area contributed by atoms with E-state index in [4.69, 9.17) is 5.21 Å². The minimum atomic E-state index is -0.368. The van der Waals surface area contributed by atoms with Crippen LogP contribution in [0.15, 0.2) is 23.1 Å². The van der Waals surface area contributed by atoms with Gasteiger partial charge in [0.2, 0.25) is 5.91 Å². The first kappa shape index (κ1) is 14.1. The molecule has 0 saturated heterocycles. The van der Waals surface area contributed by atoms with Crippen molar-refractivity contribution < 1.29 is 10.0 Å². The van der Waals surface area contributed by atoms with E-state index < -0.39 is 0 Å². The zero-order chi connectivity index (χ0) is 12.7. The van der Waals surface area contributed by atoms with E-state index in [0.29, 0.717) is 0 Å². The highest BCUT2D eigenvalue weighted by atomic mass is 32.2. The molecule has 1 rings (SSSR count). The minimum absolute atomic E-state index is 0.229. The average Bonchev–Trinajstić information content (AvgIpc) is 2.32. The molecule has 0 bridgehead atoms. The van der Waals surface area contributed by atoms with Crippen molar-refractivity contribution in [2.24, 2.45) is 0 Å². The van der Waals surface area contributed by atoms with Crippen molar-refractivity contribution in [3.05, 3.63) is 29.3 Å². The zero-order valence-electron chi connectivity index (χ0n) is 10.3. The fraction of sp³-hybridized carbons (Fsp3) is 0.462. The Morgan fingerprint density at radius 1 is 1.47 bits per heavy atom. The van der Waals surface area contributed by atoms with E-state index in [1.54, 1.807) is 17.2 Å². The Kier molecular flexibility index (Phi) is 6.08. The van der Waals surface area contributed by atoms with Gasteiger partial charge in [0.15, 0.2) is 0 Å². The van der Waals surface area contributed by atoms with Gasteiger partial charge in [0, 0.05) is 4.90 Å². The molecular weight excluding hydrogens is 234 g/mol. The fourth-order valence-corrected chi connectivity index (χ4v) is 2.66. The molecule has 94 valence electrons. The van der Waals surface area contributed by atoms with Crippen LogP contribution < -0.4 is 5.48 Å². The van der Waals surface area contributed by atoms with Crippen LogP contribution in [0.5, 0.6) is 0 Å². The summed E-state index contributed by atoms with van der Waals surface area (Å²) in [6, 6.07) is 6.10. The summed E-state index contributed by atoms with van der Waals surface area (Å²) in [5.74, 6) is 0.695. The zero-order valence-corrected chi connectivity index (χ0v) is 11.1. The molecule has 1 aromatic carbocycles. The summed E-state index contributed by atoms with van der Waals surface area (Å²) >= 11 is 1.77. The molecular formula is C13H19NO2S. The van der Waals surface area contributed by atoms with Crippen LogP contribution in [0.4, 0.5) is 0 Å². The summed E-state index contributed by atoms with van der Waals surface area (Å²) < 4.78 is 0. The largest absolute Gasteiger partial charge is 0.289 e. The van der Waals surface area contributed by atoms with Crippen LogP contribution >= 0.6 is 11.8 Å².